The Bertz CT molecular complexity index is 31.0. The van der Waals surface area contributed by atoms with Gasteiger partial charge in [0, 0.05) is 0 Å². The van der Waals surface area contributed by atoms with Gasteiger partial charge < -0.3 is 0 Å². The average molecular weight is 122 g/mol. The molecule has 0 heterocycles. The van der Waals surface area contributed by atoms with Crippen LogP contribution in [-0.2, 0) is 17.4 Å². The van der Waals surface area contributed by atoms with Gasteiger partial charge in [0.25, 0.3) is 0 Å². The predicted octanol–water partition coefficient (Wildman–Crippen LogP) is 0.988. The van der Waals surface area contributed by atoms with Crippen LogP contribution in [0.4, 0.5) is 3.52 Å². The van der Waals surface area contributed by atoms with Crippen molar-refractivity contribution in [2.75, 3.05) is 0 Å². The van der Waals surface area contributed by atoms with E-state index in [1.807, 2.05) is 0 Å². The zero-order valence-corrected chi connectivity index (χ0v) is 3.60. The zero-order chi connectivity index (χ0) is 3.58. The third-order valence-electron chi connectivity index (χ3n) is 0. The van der Waals surface area contributed by atoms with Crippen LogP contribution in [0.5, 0.6) is 0 Å². The summed E-state index contributed by atoms with van der Waals surface area (Å²) in [7, 11) is 4.18. The summed E-state index contributed by atoms with van der Waals surface area (Å²) in [6.45, 7) is 0. The fourth-order valence-electron chi connectivity index (χ4n) is 0. The van der Waals surface area contributed by atoms with Gasteiger partial charge in [0.1, 0.15) is 0 Å². The van der Waals surface area contributed by atoms with Gasteiger partial charge in [-0.2, -0.15) is 0 Å². The van der Waals surface area contributed by atoms with E-state index < -0.39 is 13.6 Å². The minimum atomic E-state index is -3.32. The Morgan fingerprint density at radius 1 is 2.00 bits per heavy atom. The predicted molar refractivity (Wildman–Crippen MR) is 7.65 cm³/mol. The number of hydrogen-bond acceptors (Lipinski definition) is 1. The van der Waals surface area contributed by atoms with E-state index in [9.17, 15) is 3.52 Å². The summed E-state index contributed by atoms with van der Waals surface area (Å²) in [5.41, 5.74) is 0. The molecule has 0 aromatic rings. The molecule has 0 aromatic heterocycles. The van der Waals surface area contributed by atoms with Crippen molar-refractivity contribution in [3.05, 3.63) is 0 Å². The van der Waals surface area contributed by atoms with Crippen LogP contribution < -0.4 is 0 Å². The van der Waals surface area contributed by atoms with E-state index >= 15 is 0 Å². The van der Waals surface area contributed by atoms with Crippen molar-refractivity contribution in [1.82, 2.24) is 0 Å². The van der Waals surface area contributed by atoms with E-state index in [0.717, 1.165) is 0 Å². The summed E-state index contributed by atoms with van der Waals surface area (Å²) in [6, 6.07) is 0. The summed E-state index contributed by atoms with van der Waals surface area (Å²) in [5, 5.41) is 0. The number of halogens is 2. The van der Waals surface area contributed by atoms with Crippen molar-refractivity contribution in [1.29, 1.82) is 0 Å². The van der Waals surface area contributed by atoms with Crippen LogP contribution in [0.3, 0.4) is 0 Å². The Morgan fingerprint density at radius 3 is 2.00 bits per heavy atom. The minimum absolute atomic E-state index is 3.32. The van der Waals surface area contributed by atoms with Gasteiger partial charge in [-0.05, 0) is 0 Å². The fourth-order valence-corrected chi connectivity index (χ4v) is 0. The monoisotopic (exact) mass is 122 g/mol. The molecular weight excluding hydrogens is 122 g/mol. The van der Waals surface area contributed by atoms with Gasteiger partial charge in [-0.25, -0.2) is 0 Å². The molecule has 4 heavy (non-hydrogen) atoms. The van der Waals surface area contributed by atoms with Crippen molar-refractivity contribution < 1.29 is 20.9 Å². The molecule has 0 aromatic carbocycles. The Labute approximate surface area is 31.7 Å². The second-order valence-electron chi connectivity index (χ2n) is 0.184. The maximum absolute atomic E-state index is 10.3. The van der Waals surface area contributed by atoms with Gasteiger partial charge in [-0.1, -0.05) is 0 Å². The number of hydrogen-bond donors (Lipinski definition) is 0. The standard InChI is InChI=1S/ClH.Cr.FH.O/h1H;;1H;/q;+2;;/p-2. The molecule has 0 saturated carbocycles. The molecule has 0 radical (unpaired) electrons. The molecular formula is ClCrFO. The van der Waals surface area contributed by atoms with Crippen molar-refractivity contribution in [2.45, 2.75) is 0 Å². The molecule has 0 fully saturated rings. The zero-order valence-electron chi connectivity index (χ0n) is 1.57. The van der Waals surface area contributed by atoms with Crippen LogP contribution in [0.25, 0.3) is 0 Å². The van der Waals surface area contributed by atoms with Crippen LogP contribution in [0.15, 0.2) is 0 Å². The van der Waals surface area contributed by atoms with Crippen LogP contribution in [0.2, 0.25) is 0 Å². The van der Waals surface area contributed by atoms with E-state index in [1.165, 1.54) is 0 Å². The molecule has 0 aliphatic heterocycles. The first-order valence-electron chi connectivity index (χ1n) is 0.475. The summed E-state index contributed by atoms with van der Waals surface area (Å²) < 4.78 is 19.1. The van der Waals surface area contributed by atoms with E-state index in [0.29, 0.717) is 0 Å². The summed E-state index contributed by atoms with van der Waals surface area (Å²) in [6.07, 6.45) is 0. The molecule has 0 bridgehead atoms. The molecule has 0 amide bonds. The molecule has 0 aliphatic carbocycles. The average Bonchev–Trinajstić information content (AvgIpc) is 0.811. The Hall–Kier alpha value is 0.552. The van der Waals surface area contributed by atoms with Crippen molar-refractivity contribution >= 4 is 10.0 Å². The first-order valence-corrected chi connectivity index (χ1v) is 3.23. The third-order valence-corrected chi connectivity index (χ3v) is 0. The Kier molecular flexibility index (Phi) is 2.09. The second kappa shape index (κ2) is 1.83. The molecule has 0 aliphatic rings. The molecule has 0 spiro atoms. The van der Waals surface area contributed by atoms with E-state index in [-0.39, 0.29) is 0 Å². The molecule has 0 unspecified atom stereocenters. The van der Waals surface area contributed by atoms with Crippen molar-refractivity contribution in [3.63, 3.8) is 0 Å². The molecule has 0 N–H and O–H groups in total. The second-order valence-corrected chi connectivity index (χ2v) is 1.76. The van der Waals surface area contributed by atoms with Crippen molar-refractivity contribution in [3.8, 4) is 0 Å². The Morgan fingerprint density at radius 2 is 2.00 bits per heavy atom. The third kappa shape index (κ3) is 20.2. The number of rotatable bonds is 0. The van der Waals surface area contributed by atoms with Gasteiger partial charge in [0.05, 0.1) is 0 Å². The summed E-state index contributed by atoms with van der Waals surface area (Å²) in [4.78, 5) is 0. The molecule has 0 rings (SSSR count). The van der Waals surface area contributed by atoms with Crippen molar-refractivity contribution in [2.24, 2.45) is 0 Å². The van der Waals surface area contributed by atoms with E-state index in [4.69, 9.17) is 3.80 Å². The molecule has 0 saturated heterocycles. The SMILES string of the molecule is [O]=[Cr]([F])[Cl]. The van der Waals surface area contributed by atoms with Gasteiger partial charge in [-0.15, -0.1) is 0 Å². The van der Waals surface area contributed by atoms with Gasteiger partial charge in [-0.3, -0.25) is 0 Å². The normalized spacial score (nSPS) is 8.75. The van der Waals surface area contributed by atoms with E-state index in [1.54, 1.807) is 0 Å². The summed E-state index contributed by atoms with van der Waals surface area (Å²) in [5.74, 6) is 0. The maximum atomic E-state index is 10.3. The van der Waals surface area contributed by atoms with Gasteiger partial charge >= 0.3 is 31.0 Å². The summed E-state index contributed by atoms with van der Waals surface area (Å²) >= 11 is -3.32. The topological polar surface area (TPSA) is 17.1 Å². The van der Waals surface area contributed by atoms with Gasteiger partial charge in [0.2, 0.25) is 0 Å². The van der Waals surface area contributed by atoms with Crippen LogP contribution >= 0.6 is 10.0 Å². The molecule has 0 atom stereocenters. The quantitative estimate of drug-likeness (QED) is 0.468. The first-order chi connectivity index (χ1) is 1.73. The fraction of sp³-hybridized carbons (Fsp3) is 0. The van der Waals surface area contributed by atoms with Crippen LogP contribution in [0.1, 0.15) is 0 Å². The first kappa shape index (κ1) is 4.55. The van der Waals surface area contributed by atoms with E-state index in [2.05, 4.69) is 10.0 Å². The molecule has 26 valence electrons. The van der Waals surface area contributed by atoms with Crippen LogP contribution in [0, 0.1) is 0 Å². The molecule has 1 nitrogen and oxygen atoms in total. The van der Waals surface area contributed by atoms with Crippen LogP contribution in [-0.4, -0.2) is 0 Å². The van der Waals surface area contributed by atoms with Gasteiger partial charge in [0.15, 0.2) is 0 Å². The molecule has 4 heteroatoms. The Balaban J connectivity index is 2.80.